The number of nitrogens with two attached hydrogens (primary N) is 1. The van der Waals surface area contributed by atoms with Gasteiger partial charge in [-0.25, -0.2) is 5.01 Å². The first-order chi connectivity index (χ1) is 5.40. The molecule has 0 radical (unpaired) electrons. The Morgan fingerprint density at radius 2 is 1.83 bits per heavy atom. The summed E-state index contributed by atoms with van der Waals surface area (Å²) < 4.78 is 0. The molecule has 0 rings (SSSR count). The van der Waals surface area contributed by atoms with Crippen LogP contribution < -0.4 is 5.84 Å². The van der Waals surface area contributed by atoms with Crippen molar-refractivity contribution in [3.05, 3.63) is 0 Å². The van der Waals surface area contributed by atoms with Crippen molar-refractivity contribution in [1.29, 1.82) is 0 Å². The Hall–Kier alpha value is -0.0800. The van der Waals surface area contributed by atoms with Crippen LogP contribution in [0.15, 0.2) is 0 Å². The Balaban J connectivity index is 3.99. The van der Waals surface area contributed by atoms with Crippen molar-refractivity contribution >= 4 is 0 Å². The molecule has 0 spiro atoms. The number of hydrogen-bond acceptors (Lipinski definition) is 2. The second-order valence-corrected chi connectivity index (χ2v) is 4.60. The quantitative estimate of drug-likeness (QED) is 0.509. The minimum atomic E-state index is 0.143. The van der Waals surface area contributed by atoms with Gasteiger partial charge < -0.3 is 0 Å². The van der Waals surface area contributed by atoms with Crippen molar-refractivity contribution in [1.82, 2.24) is 5.01 Å². The lowest BCUT2D eigenvalue weighted by atomic mass is 9.92. The monoisotopic (exact) mass is 172 g/mol. The van der Waals surface area contributed by atoms with E-state index >= 15 is 0 Å². The lowest BCUT2D eigenvalue weighted by Crippen LogP contribution is -2.49. The van der Waals surface area contributed by atoms with Gasteiger partial charge in [0, 0.05) is 12.1 Å². The highest BCUT2D eigenvalue weighted by atomic mass is 15.4. The number of hydrogen-bond donors (Lipinski definition) is 1. The Morgan fingerprint density at radius 1 is 1.33 bits per heavy atom. The van der Waals surface area contributed by atoms with Gasteiger partial charge >= 0.3 is 0 Å². The average molecular weight is 172 g/mol. The summed E-state index contributed by atoms with van der Waals surface area (Å²) in [6.45, 7) is 12.0. The Kier molecular flexibility index (Phi) is 4.80. The summed E-state index contributed by atoms with van der Waals surface area (Å²) in [6.07, 6.45) is 2.28. The topological polar surface area (TPSA) is 29.3 Å². The highest BCUT2D eigenvalue weighted by molar-refractivity contribution is 4.78. The molecule has 12 heavy (non-hydrogen) atoms. The van der Waals surface area contributed by atoms with Crippen molar-refractivity contribution in [2.45, 2.75) is 53.0 Å². The number of rotatable bonds is 5. The van der Waals surface area contributed by atoms with E-state index in [1.54, 1.807) is 0 Å². The van der Waals surface area contributed by atoms with Crippen LogP contribution in [-0.2, 0) is 0 Å². The minimum absolute atomic E-state index is 0.143. The third-order valence-corrected chi connectivity index (χ3v) is 2.15. The van der Waals surface area contributed by atoms with Crippen LogP contribution in [-0.4, -0.2) is 17.1 Å². The number of nitrogens with zero attached hydrogens (tertiary/aromatic N) is 1. The van der Waals surface area contributed by atoms with Crippen LogP contribution in [0.2, 0.25) is 0 Å². The fraction of sp³-hybridized carbons (Fsp3) is 1.00. The standard InChI is InChI=1S/C10H24N2/c1-6-7-12(11)10(4,5)8-9(2)3/h9H,6-8,11H2,1-5H3. The fourth-order valence-electron chi connectivity index (χ4n) is 1.66. The molecule has 0 aromatic heterocycles. The smallest absolute Gasteiger partial charge is 0.0298 e. The molecule has 0 heterocycles. The van der Waals surface area contributed by atoms with E-state index in [1.165, 1.54) is 0 Å². The Bertz CT molecular complexity index is 119. The zero-order valence-electron chi connectivity index (χ0n) is 9.22. The molecule has 0 bridgehead atoms. The van der Waals surface area contributed by atoms with Gasteiger partial charge in [-0.3, -0.25) is 5.84 Å². The molecule has 0 aromatic carbocycles. The summed E-state index contributed by atoms with van der Waals surface area (Å²) in [5, 5.41) is 1.97. The maximum atomic E-state index is 5.94. The van der Waals surface area contributed by atoms with Crippen LogP contribution in [0.4, 0.5) is 0 Å². The van der Waals surface area contributed by atoms with E-state index in [0.717, 1.165) is 19.4 Å². The second kappa shape index (κ2) is 4.83. The lowest BCUT2D eigenvalue weighted by Gasteiger charge is -2.36. The zero-order valence-corrected chi connectivity index (χ0v) is 9.22. The normalized spacial score (nSPS) is 13.0. The first-order valence-electron chi connectivity index (χ1n) is 4.92. The molecule has 2 nitrogen and oxygen atoms in total. The molecular formula is C10H24N2. The average Bonchev–Trinajstić information content (AvgIpc) is 1.85. The van der Waals surface area contributed by atoms with Crippen molar-refractivity contribution in [3.63, 3.8) is 0 Å². The summed E-state index contributed by atoms with van der Waals surface area (Å²) in [7, 11) is 0. The molecule has 0 aromatic rings. The van der Waals surface area contributed by atoms with E-state index in [-0.39, 0.29) is 5.54 Å². The maximum absolute atomic E-state index is 5.94. The molecular weight excluding hydrogens is 148 g/mol. The molecule has 2 N–H and O–H groups in total. The summed E-state index contributed by atoms with van der Waals surface area (Å²) in [6, 6.07) is 0. The molecule has 0 aliphatic rings. The number of hydrazine groups is 1. The van der Waals surface area contributed by atoms with Crippen LogP contribution in [0.1, 0.15) is 47.5 Å². The lowest BCUT2D eigenvalue weighted by molar-refractivity contribution is 0.0989. The van der Waals surface area contributed by atoms with E-state index < -0.39 is 0 Å². The molecule has 2 heteroatoms. The summed E-state index contributed by atoms with van der Waals surface area (Å²) >= 11 is 0. The molecule has 0 unspecified atom stereocenters. The van der Waals surface area contributed by atoms with E-state index in [2.05, 4.69) is 34.6 Å². The molecule has 0 amide bonds. The highest BCUT2D eigenvalue weighted by Gasteiger charge is 2.24. The van der Waals surface area contributed by atoms with Gasteiger partial charge in [0.1, 0.15) is 0 Å². The van der Waals surface area contributed by atoms with Gasteiger partial charge in [0.05, 0.1) is 0 Å². The summed E-state index contributed by atoms with van der Waals surface area (Å²) in [5.74, 6) is 6.65. The highest BCUT2D eigenvalue weighted by Crippen LogP contribution is 2.20. The molecule has 0 aliphatic carbocycles. The first kappa shape index (κ1) is 11.9. The van der Waals surface area contributed by atoms with Gasteiger partial charge in [0.15, 0.2) is 0 Å². The predicted molar refractivity (Wildman–Crippen MR) is 54.7 cm³/mol. The van der Waals surface area contributed by atoms with Gasteiger partial charge in [-0.05, 0) is 32.6 Å². The van der Waals surface area contributed by atoms with Gasteiger partial charge in [-0.15, -0.1) is 0 Å². The third-order valence-electron chi connectivity index (χ3n) is 2.15. The minimum Gasteiger partial charge on any atom is -0.268 e. The zero-order chi connectivity index (χ0) is 9.78. The van der Waals surface area contributed by atoms with E-state index in [1.807, 2.05) is 5.01 Å². The van der Waals surface area contributed by atoms with E-state index in [0.29, 0.717) is 5.92 Å². The van der Waals surface area contributed by atoms with Gasteiger partial charge in [0.2, 0.25) is 0 Å². The van der Waals surface area contributed by atoms with E-state index in [4.69, 9.17) is 5.84 Å². The van der Waals surface area contributed by atoms with E-state index in [9.17, 15) is 0 Å². The SMILES string of the molecule is CCCN(N)C(C)(C)CC(C)C. The molecule has 0 fully saturated rings. The summed E-state index contributed by atoms with van der Waals surface area (Å²) in [5.41, 5.74) is 0.143. The van der Waals surface area contributed by atoms with Crippen LogP contribution in [0.3, 0.4) is 0 Å². The Morgan fingerprint density at radius 3 is 2.17 bits per heavy atom. The van der Waals surface area contributed by atoms with Crippen molar-refractivity contribution in [2.75, 3.05) is 6.54 Å². The second-order valence-electron chi connectivity index (χ2n) is 4.60. The molecule has 0 atom stereocenters. The van der Waals surface area contributed by atoms with Crippen molar-refractivity contribution in [2.24, 2.45) is 11.8 Å². The van der Waals surface area contributed by atoms with Crippen LogP contribution in [0, 0.1) is 5.92 Å². The van der Waals surface area contributed by atoms with Crippen LogP contribution >= 0.6 is 0 Å². The third kappa shape index (κ3) is 4.07. The van der Waals surface area contributed by atoms with Crippen LogP contribution in [0.5, 0.6) is 0 Å². The van der Waals surface area contributed by atoms with Gasteiger partial charge in [-0.2, -0.15) is 0 Å². The van der Waals surface area contributed by atoms with Gasteiger partial charge in [-0.1, -0.05) is 20.8 Å². The molecule has 0 saturated carbocycles. The molecule has 74 valence electrons. The molecule has 0 aliphatic heterocycles. The summed E-state index contributed by atoms with van der Waals surface area (Å²) in [4.78, 5) is 0. The maximum Gasteiger partial charge on any atom is 0.0298 e. The van der Waals surface area contributed by atoms with Crippen LogP contribution in [0.25, 0.3) is 0 Å². The van der Waals surface area contributed by atoms with Crippen molar-refractivity contribution < 1.29 is 0 Å². The molecule has 0 saturated heterocycles. The first-order valence-corrected chi connectivity index (χ1v) is 4.92. The largest absolute Gasteiger partial charge is 0.268 e. The predicted octanol–water partition coefficient (Wildman–Crippen LogP) is 2.40. The fourth-order valence-corrected chi connectivity index (χ4v) is 1.66. The Labute approximate surface area is 77.1 Å². The van der Waals surface area contributed by atoms with Gasteiger partial charge in [0.25, 0.3) is 0 Å². The van der Waals surface area contributed by atoms with Crippen molar-refractivity contribution in [3.8, 4) is 0 Å².